The molecule has 0 aliphatic heterocycles. The van der Waals surface area contributed by atoms with Crippen molar-refractivity contribution in [3.05, 3.63) is 72.9 Å². The highest BCUT2D eigenvalue weighted by Gasteiger charge is 2.10. The van der Waals surface area contributed by atoms with Crippen LogP contribution in [0.1, 0.15) is 13.8 Å². The normalized spacial score (nSPS) is 10.6. The number of benzene rings is 3. The number of nitrogens with zero attached hydrogens (tertiary/aromatic N) is 2. The molecule has 152 valence electrons. The van der Waals surface area contributed by atoms with Gasteiger partial charge in [0.25, 0.3) is 0 Å². The third-order valence-electron chi connectivity index (χ3n) is 4.33. The molecule has 0 amide bonds. The van der Waals surface area contributed by atoms with Gasteiger partial charge in [-0.15, -0.1) is 0 Å². The van der Waals surface area contributed by atoms with E-state index in [1.165, 1.54) is 0 Å². The van der Waals surface area contributed by atoms with Crippen LogP contribution >= 0.6 is 0 Å². The number of rotatable bonds is 8. The van der Waals surface area contributed by atoms with E-state index < -0.39 is 0 Å². The number of hydrogen-bond acceptors (Lipinski definition) is 6. The summed E-state index contributed by atoms with van der Waals surface area (Å²) in [5, 5.41) is 4.12. The summed E-state index contributed by atoms with van der Waals surface area (Å²) in [6.07, 6.45) is 1.77. The summed E-state index contributed by atoms with van der Waals surface area (Å²) in [5.41, 5.74) is 1.65. The molecule has 1 heterocycles. The van der Waals surface area contributed by atoms with Crippen LogP contribution in [0.4, 0.5) is 11.6 Å². The second-order valence-electron chi connectivity index (χ2n) is 6.48. The smallest absolute Gasteiger partial charge is 0.227 e. The minimum absolute atomic E-state index is 0.505. The molecule has 1 aromatic heterocycles. The van der Waals surface area contributed by atoms with Gasteiger partial charge in [0.2, 0.25) is 5.95 Å². The molecule has 0 saturated carbocycles. The van der Waals surface area contributed by atoms with Crippen molar-refractivity contribution in [2.24, 2.45) is 0 Å². The fourth-order valence-corrected chi connectivity index (χ4v) is 3.00. The Bertz CT molecular complexity index is 1120. The van der Waals surface area contributed by atoms with Crippen LogP contribution in [0.25, 0.3) is 10.9 Å². The summed E-state index contributed by atoms with van der Waals surface area (Å²) in [5.74, 6) is 3.44. The molecule has 6 heteroatoms. The Morgan fingerprint density at radius 2 is 1.47 bits per heavy atom. The molecule has 6 nitrogen and oxygen atoms in total. The standard InChI is InChI=1S/C24H23N3O3/c1-3-28-22-14-17-16-25-24(27-21(17)15-23(22)29-4-2)26-18-10-12-20(13-11-18)30-19-8-6-5-7-9-19/h5-16H,3-4H2,1-2H3,(H,25,26,27). The summed E-state index contributed by atoms with van der Waals surface area (Å²) in [4.78, 5) is 9.04. The average Bonchev–Trinajstić information content (AvgIpc) is 2.77. The molecule has 0 fully saturated rings. The molecule has 0 aliphatic carbocycles. The minimum Gasteiger partial charge on any atom is -0.490 e. The Labute approximate surface area is 175 Å². The Balaban J connectivity index is 1.52. The Morgan fingerprint density at radius 3 is 2.17 bits per heavy atom. The van der Waals surface area contributed by atoms with E-state index in [1.807, 2.05) is 80.6 Å². The second-order valence-corrected chi connectivity index (χ2v) is 6.48. The molecule has 1 N–H and O–H groups in total. The topological polar surface area (TPSA) is 65.5 Å². The van der Waals surface area contributed by atoms with Gasteiger partial charge in [0.1, 0.15) is 11.5 Å². The quantitative estimate of drug-likeness (QED) is 0.393. The number of anilines is 2. The van der Waals surface area contributed by atoms with E-state index in [1.54, 1.807) is 6.20 Å². The number of fused-ring (bicyclic) bond motifs is 1. The van der Waals surface area contributed by atoms with Crippen LogP contribution in [0.2, 0.25) is 0 Å². The van der Waals surface area contributed by atoms with Crippen LogP contribution in [0, 0.1) is 0 Å². The van der Waals surface area contributed by atoms with Crippen molar-refractivity contribution in [1.29, 1.82) is 0 Å². The summed E-state index contributed by atoms with van der Waals surface area (Å²) >= 11 is 0. The first-order chi connectivity index (χ1) is 14.7. The molecule has 30 heavy (non-hydrogen) atoms. The Hall–Kier alpha value is -3.80. The van der Waals surface area contributed by atoms with E-state index in [-0.39, 0.29) is 0 Å². The lowest BCUT2D eigenvalue weighted by atomic mass is 10.2. The molecule has 3 aromatic carbocycles. The van der Waals surface area contributed by atoms with Crippen molar-refractivity contribution in [2.45, 2.75) is 13.8 Å². The highest BCUT2D eigenvalue weighted by molar-refractivity contribution is 5.83. The third kappa shape index (κ3) is 4.60. The summed E-state index contributed by atoms with van der Waals surface area (Å²) in [7, 11) is 0. The molecule has 0 bridgehead atoms. The summed E-state index contributed by atoms with van der Waals surface area (Å²) in [6.45, 7) is 5.01. The third-order valence-corrected chi connectivity index (χ3v) is 4.33. The predicted molar refractivity (Wildman–Crippen MR) is 118 cm³/mol. The van der Waals surface area contributed by atoms with Gasteiger partial charge in [-0.1, -0.05) is 18.2 Å². The molecule has 0 aliphatic rings. The first-order valence-corrected chi connectivity index (χ1v) is 9.91. The zero-order chi connectivity index (χ0) is 20.8. The van der Waals surface area contributed by atoms with Gasteiger partial charge < -0.3 is 19.5 Å². The number of nitrogens with one attached hydrogen (secondary N) is 1. The Morgan fingerprint density at radius 1 is 0.800 bits per heavy atom. The number of hydrogen-bond donors (Lipinski definition) is 1. The van der Waals surface area contributed by atoms with Gasteiger partial charge in [-0.2, -0.15) is 0 Å². The molecule has 0 atom stereocenters. The molecule has 4 rings (SSSR count). The van der Waals surface area contributed by atoms with Crippen LogP contribution in [0.15, 0.2) is 72.9 Å². The zero-order valence-corrected chi connectivity index (χ0v) is 17.0. The maximum Gasteiger partial charge on any atom is 0.227 e. The predicted octanol–water partition coefficient (Wildman–Crippen LogP) is 5.96. The average molecular weight is 401 g/mol. The lowest BCUT2D eigenvalue weighted by Gasteiger charge is -2.12. The highest BCUT2D eigenvalue weighted by Crippen LogP contribution is 2.32. The number of ether oxygens (including phenoxy) is 3. The van der Waals surface area contributed by atoms with E-state index in [2.05, 4.69) is 15.3 Å². The number of aromatic nitrogens is 2. The fourth-order valence-electron chi connectivity index (χ4n) is 3.00. The Kier molecular flexibility index (Phi) is 5.94. The molecule has 0 saturated heterocycles. The van der Waals surface area contributed by atoms with Crippen LogP contribution in [-0.4, -0.2) is 23.2 Å². The van der Waals surface area contributed by atoms with Gasteiger partial charge in [0, 0.05) is 23.3 Å². The van der Waals surface area contributed by atoms with Crippen LogP contribution in [0.5, 0.6) is 23.0 Å². The van der Waals surface area contributed by atoms with Crippen LogP contribution in [-0.2, 0) is 0 Å². The second kappa shape index (κ2) is 9.13. The largest absolute Gasteiger partial charge is 0.490 e. The van der Waals surface area contributed by atoms with Crippen molar-refractivity contribution in [2.75, 3.05) is 18.5 Å². The summed E-state index contributed by atoms with van der Waals surface area (Å²) < 4.78 is 17.2. The van der Waals surface area contributed by atoms with E-state index in [0.29, 0.717) is 30.7 Å². The van der Waals surface area contributed by atoms with Gasteiger partial charge in [0.05, 0.1) is 18.7 Å². The van der Waals surface area contributed by atoms with E-state index in [4.69, 9.17) is 14.2 Å². The van der Waals surface area contributed by atoms with Gasteiger partial charge in [-0.05, 0) is 56.3 Å². The zero-order valence-electron chi connectivity index (χ0n) is 17.0. The first-order valence-electron chi connectivity index (χ1n) is 9.91. The SMILES string of the molecule is CCOc1cc2cnc(Nc3ccc(Oc4ccccc4)cc3)nc2cc1OCC. The molecule has 0 radical (unpaired) electrons. The van der Waals surface area contributed by atoms with E-state index in [0.717, 1.165) is 28.1 Å². The lowest BCUT2D eigenvalue weighted by Crippen LogP contribution is -2.00. The lowest BCUT2D eigenvalue weighted by molar-refractivity contribution is 0.288. The van der Waals surface area contributed by atoms with E-state index >= 15 is 0 Å². The molecular formula is C24H23N3O3. The minimum atomic E-state index is 0.505. The van der Waals surface area contributed by atoms with Crippen molar-refractivity contribution < 1.29 is 14.2 Å². The van der Waals surface area contributed by atoms with Gasteiger partial charge >= 0.3 is 0 Å². The monoisotopic (exact) mass is 401 g/mol. The van der Waals surface area contributed by atoms with Crippen LogP contribution in [0.3, 0.4) is 0 Å². The van der Waals surface area contributed by atoms with E-state index in [9.17, 15) is 0 Å². The first kappa shape index (κ1) is 19.5. The highest BCUT2D eigenvalue weighted by atomic mass is 16.5. The molecule has 0 spiro atoms. The fraction of sp³-hybridized carbons (Fsp3) is 0.167. The maximum atomic E-state index is 5.82. The van der Waals surface area contributed by atoms with Crippen molar-refractivity contribution >= 4 is 22.5 Å². The molecule has 4 aromatic rings. The van der Waals surface area contributed by atoms with Crippen molar-refractivity contribution in [3.8, 4) is 23.0 Å². The van der Waals surface area contributed by atoms with Gasteiger partial charge in [-0.3, -0.25) is 0 Å². The number of para-hydroxylation sites is 1. The van der Waals surface area contributed by atoms with Gasteiger partial charge in [-0.25, -0.2) is 9.97 Å². The van der Waals surface area contributed by atoms with Crippen LogP contribution < -0.4 is 19.5 Å². The van der Waals surface area contributed by atoms with Gasteiger partial charge in [0.15, 0.2) is 11.5 Å². The van der Waals surface area contributed by atoms with Crippen molar-refractivity contribution in [1.82, 2.24) is 9.97 Å². The molecular weight excluding hydrogens is 378 g/mol. The molecule has 0 unspecified atom stereocenters. The van der Waals surface area contributed by atoms with Crippen molar-refractivity contribution in [3.63, 3.8) is 0 Å². The maximum absolute atomic E-state index is 5.82. The summed E-state index contributed by atoms with van der Waals surface area (Å²) in [6, 6.07) is 21.1.